The lowest BCUT2D eigenvalue weighted by atomic mass is 10.5. The lowest BCUT2D eigenvalue weighted by Gasteiger charge is -2.06. The number of hydrogen-bond acceptors (Lipinski definition) is 6. The van der Waals surface area contributed by atoms with Crippen LogP contribution in [0.25, 0.3) is 0 Å². The molecular weight excluding hydrogens is 220 g/mol. The Hall–Kier alpha value is -1.11. The molecule has 0 saturated heterocycles. The smallest absolute Gasteiger partial charge is 0.223 e. The van der Waals surface area contributed by atoms with E-state index in [2.05, 4.69) is 15.3 Å². The monoisotopic (exact) mass is 232 g/mol. The van der Waals surface area contributed by atoms with Crippen LogP contribution in [0.5, 0.6) is 0 Å². The molecule has 4 N–H and O–H groups in total. The number of aliphatic hydroxyl groups excluding tert-OH is 1. The van der Waals surface area contributed by atoms with E-state index >= 15 is 0 Å². The number of hydrogen-bond donors (Lipinski definition) is 3. The van der Waals surface area contributed by atoms with Crippen molar-refractivity contribution >= 4 is 23.4 Å². The Kier molecular flexibility index (Phi) is 5.09. The summed E-state index contributed by atoms with van der Waals surface area (Å²) in [5.74, 6) is 0.682. The van der Waals surface area contributed by atoms with Gasteiger partial charge in [0.25, 0.3) is 0 Å². The Bertz CT molecular complexity index is 290. The van der Waals surface area contributed by atoms with Gasteiger partial charge in [-0.2, -0.15) is 4.98 Å². The number of anilines is 2. The van der Waals surface area contributed by atoms with Gasteiger partial charge in [-0.1, -0.05) is 11.6 Å². The average Bonchev–Trinajstić information content (AvgIpc) is 2.16. The van der Waals surface area contributed by atoms with Gasteiger partial charge in [0.15, 0.2) is 0 Å². The van der Waals surface area contributed by atoms with Crippen molar-refractivity contribution in [3.63, 3.8) is 0 Å². The number of rotatable bonds is 6. The molecule has 0 atom stereocenters. The van der Waals surface area contributed by atoms with Crippen LogP contribution in [0.15, 0.2) is 6.07 Å². The third-order valence-corrected chi connectivity index (χ3v) is 1.69. The number of nitrogens with two attached hydrogens (primary N) is 1. The molecule has 1 aromatic heterocycles. The van der Waals surface area contributed by atoms with E-state index in [1.54, 1.807) is 6.07 Å². The van der Waals surface area contributed by atoms with Crippen LogP contribution in [-0.2, 0) is 4.74 Å². The Balaban J connectivity index is 2.31. The summed E-state index contributed by atoms with van der Waals surface area (Å²) in [6, 6.07) is 1.57. The molecule has 15 heavy (non-hydrogen) atoms. The molecule has 0 unspecified atom stereocenters. The first-order chi connectivity index (χ1) is 7.22. The zero-order valence-electron chi connectivity index (χ0n) is 8.11. The molecule has 0 fully saturated rings. The first kappa shape index (κ1) is 12.0. The van der Waals surface area contributed by atoms with Gasteiger partial charge in [0.05, 0.1) is 19.8 Å². The van der Waals surface area contributed by atoms with E-state index in [4.69, 9.17) is 27.2 Å². The van der Waals surface area contributed by atoms with Gasteiger partial charge >= 0.3 is 0 Å². The summed E-state index contributed by atoms with van der Waals surface area (Å²) in [6.45, 7) is 1.38. The van der Waals surface area contributed by atoms with Gasteiger partial charge in [0.2, 0.25) is 5.95 Å². The highest BCUT2D eigenvalue weighted by Crippen LogP contribution is 2.11. The van der Waals surface area contributed by atoms with Crippen molar-refractivity contribution in [3.05, 3.63) is 11.2 Å². The summed E-state index contributed by atoms with van der Waals surface area (Å²) < 4.78 is 5.04. The largest absolute Gasteiger partial charge is 0.394 e. The summed E-state index contributed by atoms with van der Waals surface area (Å²) in [5.41, 5.74) is 5.40. The molecule has 1 rings (SSSR count). The minimum Gasteiger partial charge on any atom is -0.394 e. The van der Waals surface area contributed by atoms with Crippen molar-refractivity contribution in [1.29, 1.82) is 0 Å². The maximum atomic E-state index is 8.46. The highest BCUT2D eigenvalue weighted by Gasteiger charge is 1.99. The van der Waals surface area contributed by atoms with Gasteiger partial charge in [-0.15, -0.1) is 0 Å². The zero-order chi connectivity index (χ0) is 11.1. The van der Waals surface area contributed by atoms with E-state index in [0.29, 0.717) is 30.7 Å². The van der Waals surface area contributed by atoms with Crippen LogP contribution in [-0.4, -0.2) is 41.4 Å². The first-order valence-electron chi connectivity index (χ1n) is 4.45. The average molecular weight is 233 g/mol. The molecule has 0 saturated carbocycles. The van der Waals surface area contributed by atoms with Gasteiger partial charge < -0.3 is 20.9 Å². The summed E-state index contributed by atoms with van der Waals surface area (Å²) in [7, 11) is 0. The van der Waals surface area contributed by atoms with Gasteiger partial charge in [0.1, 0.15) is 11.0 Å². The normalized spacial score (nSPS) is 10.3. The summed E-state index contributed by atoms with van der Waals surface area (Å²) in [4.78, 5) is 7.64. The minimum atomic E-state index is 0.0201. The summed E-state index contributed by atoms with van der Waals surface area (Å²) >= 11 is 5.68. The highest BCUT2D eigenvalue weighted by atomic mass is 35.5. The van der Waals surface area contributed by atoms with Crippen molar-refractivity contribution in [2.75, 3.05) is 37.4 Å². The van der Waals surface area contributed by atoms with E-state index in [1.165, 1.54) is 0 Å². The van der Waals surface area contributed by atoms with E-state index < -0.39 is 0 Å². The lowest BCUT2D eigenvalue weighted by molar-refractivity contribution is 0.0992. The Labute approximate surface area is 92.4 Å². The molecule has 84 valence electrons. The maximum Gasteiger partial charge on any atom is 0.223 e. The highest BCUT2D eigenvalue weighted by molar-refractivity contribution is 6.29. The number of ether oxygens (including phenoxy) is 1. The van der Waals surface area contributed by atoms with Crippen molar-refractivity contribution in [2.45, 2.75) is 0 Å². The fraction of sp³-hybridized carbons (Fsp3) is 0.500. The molecule has 0 radical (unpaired) electrons. The second-order valence-corrected chi connectivity index (χ2v) is 3.08. The fourth-order valence-electron chi connectivity index (χ4n) is 0.944. The first-order valence-corrected chi connectivity index (χ1v) is 4.82. The van der Waals surface area contributed by atoms with Crippen molar-refractivity contribution in [2.24, 2.45) is 0 Å². The van der Waals surface area contributed by atoms with Gasteiger partial charge in [-0.25, -0.2) is 4.98 Å². The van der Waals surface area contributed by atoms with Gasteiger partial charge in [0, 0.05) is 12.6 Å². The van der Waals surface area contributed by atoms with E-state index in [1.807, 2.05) is 0 Å². The molecular formula is C8H13ClN4O2. The number of halogens is 1. The van der Waals surface area contributed by atoms with Crippen molar-refractivity contribution in [3.8, 4) is 0 Å². The van der Waals surface area contributed by atoms with Gasteiger partial charge in [-0.05, 0) is 0 Å². The molecule has 6 nitrogen and oxygen atoms in total. The van der Waals surface area contributed by atoms with Crippen LogP contribution in [0.4, 0.5) is 11.8 Å². The third-order valence-electron chi connectivity index (χ3n) is 1.50. The fourth-order valence-corrected chi connectivity index (χ4v) is 1.13. The van der Waals surface area contributed by atoms with Crippen LogP contribution in [0.3, 0.4) is 0 Å². The van der Waals surface area contributed by atoms with Crippen LogP contribution in [0.1, 0.15) is 0 Å². The molecule has 0 aliphatic heterocycles. The molecule has 0 amide bonds. The molecule has 1 heterocycles. The van der Waals surface area contributed by atoms with Crippen molar-refractivity contribution < 1.29 is 9.84 Å². The Morgan fingerprint density at radius 2 is 2.27 bits per heavy atom. The molecule has 1 aromatic rings. The molecule has 0 aromatic carbocycles. The minimum absolute atomic E-state index is 0.0201. The SMILES string of the molecule is Nc1nc(Cl)cc(NCCOCCO)n1. The molecule has 7 heteroatoms. The summed E-state index contributed by atoms with van der Waals surface area (Å²) in [5, 5.41) is 11.7. The predicted octanol–water partition coefficient (Wildman–Crippen LogP) is 0.133. The Morgan fingerprint density at radius 1 is 1.47 bits per heavy atom. The number of aromatic nitrogens is 2. The summed E-state index contributed by atoms with van der Waals surface area (Å²) in [6.07, 6.45) is 0. The van der Waals surface area contributed by atoms with E-state index in [9.17, 15) is 0 Å². The zero-order valence-corrected chi connectivity index (χ0v) is 8.87. The van der Waals surface area contributed by atoms with Crippen LogP contribution < -0.4 is 11.1 Å². The van der Waals surface area contributed by atoms with Gasteiger partial charge in [-0.3, -0.25) is 0 Å². The molecule has 0 aliphatic carbocycles. The molecule has 0 spiro atoms. The second kappa shape index (κ2) is 6.39. The van der Waals surface area contributed by atoms with Crippen molar-refractivity contribution in [1.82, 2.24) is 9.97 Å². The van der Waals surface area contributed by atoms with E-state index in [0.717, 1.165) is 0 Å². The van der Waals surface area contributed by atoms with Crippen LogP contribution in [0, 0.1) is 0 Å². The predicted molar refractivity (Wildman–Crippen MR) is 57.8 cm³/mol. The van der Waals surface area contributed by atoms with Crippen LogP contribution >= 0.6 is 11.6 Å². The molecule has 0 bridgehead atoms. The van der Waals surface area contributed by atoms with E-state index in [-0.39, 0.29) is 12.6 Å². The third kappa shape index (κ3) is 4.78. The Morgan fingerprint density at radius 3 is 2.93 bits per heavy atom. The maximum absolute atomic E-state index is 8.46. The number of nitrogens with one attached hydrogen (secondary N) is 1. The number of nitrogen functional groups attached to an aromatic ring is 1. The number of aliphatic hydroxyl groups is 1. The second-order valence-electron chi connectivity index (χ2n) is 2.70. The van der Waals surface area contributed by atoms with Crippen LogP contribution in [0.2, 0.25) is 5.15 Å². The topological polar surface area (TPSA) is 93.3 Å². The quantitative estimate of drug-likeness (QED) is 0.477. The number of nitrogens with zero attached hydrogens (tertiary/aromatic N) is 2. The lowest BCUT2D eigenvalue weighted by Crippen LogP contribution is -2.12. The standard InChI is InChI=1S/C8H13ClN4O2/c9-6-5-7(13-8(10)12-6)11-1-3-15-4-2-14/h5,14H,1-4H2,(H3,10,11,12,13). The molecule has 0 aliphatic rings.